The van der Waals surface area contributed by atoms with Crippen LogP contribution in [-0.4, -0.2) is 102 Å². The fraction of sp³-hybridized carbons (Fsp3) is 0.622. The molecule has 2 saturated carbocycles. The number of carbonyl (C=O) groups is 4. The maximum absolute atomic E-state index is 14.6. The third-order valence-corrected chi connectivity index (χ3v) is 12.8. The highest BCUT2D eigenvalue weighted by molar-refractivity contribution is 7.91. The van der Waals surface area contributed by atoms with Crippen molar-refractivity contribution < 1.29 is 55.0 Å². The van der Waals surface area contributed by atoms with Gasteiger partial charge in [0, 0.05) is 18.4 Å². The Morgan fingerprint density at radius 3 is 2.46 bits per heavy atom. The second-order valence-corrected chi connectivity index (χ2v) is 17.7. The van der Waals surface area contributed by atoms with E-state index in [1.807, 2.05) is 13.0 Å². The molecule has 6 rings (SSSR count). The summed E-state index contributed by atoms with van der Waals surface area (Å²) in [5, 5.41) is 4.42. The molecule has 4 amide bonds. The van der Waals surface area contributed by atoms with Gasteiger partial charge in [-0.1, -0.05) is 32.4 Å². The summed E-state index contributed by atoms with van der Waals surface area (Å²) in [4.78, 5) is 65.8. The van der Waals surface area contributed by atoms with Gasteiger partial charge >= 0.3 is 12.3 Å². The summed E-state index contributed by atoms with van der Waals surface area (Å²) < 4.78 is 85.0. The van der Waals surface area contributed by atoms with E-state index in [9.17, 15) is 40.8 Å². The van der Waals surface area contributed by atoms with Gasteiger partial charge in [0.05, 0.1) is 36.1 Å². The third-order valence-electron chi connectivity index (χ3n) is 11.0. The number of halogens is 3. The first-order chi connectivity index (χ1) is 26.2. The average molecular weight is 809 g/mol. The normalized spacial score (nSPS) is 29.5. The van der Waals surface area contributed by atoms with E-state index < -0.39 is 86.4 Å². The van der Waals surface area contributed by atoms with Crippen molar-refractivity contribution in [1.82, 2.24) is 30.2 Å². The maximum atomic E-state index is 14.6. The van der Waals surface area contributed by atoms with Crippen LogP contribution < -0.4 is 24.8 Å². The second kappa shape index (κ2) is 15.3. The monoisotopic (exact) mass is 808 g/mol. The molecule has 3 heterocycles. The number of nitrogens with zero attached hydrogens (tertiary/aromatic N) is 3. The van der Waals surface area contributed by atoms with Crippen LogP contribution in [0, 0.1) is 17.8 Å². The van der Waals surface area contributed by atoms with Crippen molar-refractivity contribution in [2.24, 2.45) is 17.8 Å². The Balaban J connectivity index is 1.32. The number of benzene rings is 1. The standard InChI is InChI=1S/C37H47F3N6O9S/c1-20-7-6-8-21(2)30(43-34(50)55-35(3,4)37(38,39)40)32(48)46-19-24(54-29-18-41-27-15-23(53-5)11-14-26(27)42-29)16-28(46)31(47)44-36(17-22(36)10-9-20)33(49)45-56(51,52)25-12-13-25/h9-11,14-15,18,20-22,24-25,28,30H,6-8,12-13,16-17,19H2,1-5H3,(H,43,50)(H,44,47)(H,45,49)/b10-9-/t20-,21-,22-,24-,28+,30+,36-/m1/s1. The molecule has 1 saturated heterocycles. The van der Waals surface area contributed by atoms with Crippen LogP contribution in [0.3, 0.4) is 0 Å². The van der Waals surface area contributed by atoms with Crippen molar-refractivity contribution in [3.8, 4) is 11.6 Å². The number of rotatable bonds is 8. The Hall–Kier alpha value is -4.68. The predicted molar refractivity (Wildman–Crippen MR) is 195 cm³/mol. The van der Waals surface area contributed by atoms with Crippen LogP contribution in [0.5, 0.6) is 11.6 Å². The molecule has 7 atom stereocenters. The van der Waals surface area contributed by atoms with Gasteiger partial charge in [-0.15, -0.1) is 0 Å². The van der Waals surface area contributed by atoms with Gasteiger partial charge in [-0.05, 0) is 69.9 Å². The van der Waals surface area contributed by atoms with Gasteiger partial charge in [0.25, 0.3) is 5.91 Å². The summed E-state index contributed by atoms with van der Waals surface area (Å²) in [5.74, 6) is -3.02. The van der Waals surface area contributed by atoms with Crippen LogP contribution in [-0.2, 0) is 29.1 Å². The molecule has 1 aromatic heterocycles. The number of alkyl carbamates (subject to hydrolysis) is 1. The average Bonchev–Trinajstić information content (AvgIpc) is 4.05. The molecular formula is C37H47F3N6O9S. The highest BCUT2D eigenvalue weighted by Gasteiger charge is 2.62. The minimum absolute atomic E-state index is 0.0273. The highest BCUT2D eigenvalue weighted by atomic mass is 32.2. The summed E-state index contributed by atoms with van der Waals surface area (Å²) in [6.07, 6.45) is 0.121. The molecule has 0 bridgehead atoms. The van der Waals surface area contributed by atoms with Crippen molar-refractivity contribution in [1.29, 1.82) is 0 Å². The number of fused-ring (bicyclic) bond motifs is 3. The summed E-state index contributed by atoms with van der Waals surface area (Å²) in [5.41, 5.74) is -3.52. The Labute approximate surface area is 322 Å². The molecule has 0 spiro atoms. The number of methoxy groups -OCH3 is 1. The minimum atomic E-state index is -4.91. The molecule has 2 aliphatic heterocycles. The van der Waals surface area contributed by atoms with E-state index >= 15 is 0 Å². The number of sulfonamides is 1. The molecule has 19 heteroatoms. The lowest BCUT2D eigenvalue weighted by Gasteiger charge is -2.33. The zero-order valence-electron chi connectivity index (χ0n) is 31.7. The van der Waals surface area contributed by atoms with Crippen LogP contribution >= 0.6 is 0 Å². The molecule has 56 heavy (non-hydrogen) atoms. The molecule has 2 aliphatic carbocycles. The van der Waals surface area contributed by atoms with Crippen molar-refractivity contribution in [2.75, 3.05) is 13.7 Å². The molecular weight excluding hydrogens is 762 g/mol. The zero-order chi connectivity index (χ0) is 40.8. The second-order valence-electron chi connectivity index (χ2n) is 15.8. The molecule has 3 N–H and O–H groups in total. The lowest BCUT2D eigenvalue weighted by Crippen LogP contribution is -2.59. The lowest BCUT2D eigenvalue weighted by atomic mass is 9.92. The SMILES string of the molecule is COc1ccc2nc(O[C@@H]3C[C@H]4C(=O)N[C@]5(C(=O)NS(=O)(=O)C6CC6)C[C@H]5/C=C\[C@H](C)CCC[C@@H](C)[C@H](NC(=O)OC(C)(C)C(F)(F)F)C(=O)N4C3)cnc2c1. The summed E-state index contributed by atoms with van der Waals surface area (Å²) in [6.45, 7) is 4.76. The van der Waals surface area contributed by atoms with E-state index in [2.05, 4.69) is 25.3 Å². The van der Waals surface area contributed by atoms with Crippen molar-refractivity contribution >= 4 is 44.9 Å². The number of aromatic nitrogens is 2. The van der Waals surface area contributed by atoms with Gasteiger partial charge in [0.1, 0.15) is 29.5 Å². The number of ether oxygens (including phenoxy) is 3. The molecule has 3 fully saturated rings. The van der Waals surface area contributed by atoms with Gasteiger partial charge < -0.3 is 29.7 Å². The van der Waals surface area contributed by atoms with Gasteiger partial charge in [-0.2, -0.15) is 13.2 Å². The lowest BCUT2D eigenvalue weighted by molar-refractivity contribution is -0.244. The summed E-state index contributed by atoms with van der Waals surface area (Å²) >= 11 is 0. The smallest absolute Gasteiger partial charge is 0.427 e. The summed E-state index contributed by atoms with van der Waals surface area (Å²) in [6, 6.07) is 2.30. The molecule has 4 aliphatic rings. The first-order valence-corrected chi connectivity index (χ1v) is 20.2. The molecule has 2 aromatic rings. The Kier molecular flexibility index (Phi) is 11.2. The Morgan fingerprint density at radius 2 is 1.79 bits per heavy atom. The fourth-order valence-corrected chi connectivity index (χ4v) is 8.45. The number of hydrogen-bond donors (Lipinski definition) is 3. The van der Waals surface area contributed by atoms with Gasteiger partial charge in [-0.3, -0.25) is 19.1 Å². The first kappa shape index (κ1) is 41.0. The largest absolute Gasteiger partial charge is 0.497 e. The first-order valence-electron chi connectivity index (χ1n) is 18.6. The molecule has 1 aromatic carbocycles. The number of hydrogen-bond acceptors (Lipinski definition) is 11. The van der Waals surface area contributed by atoms with Crippen LogP contribution in [0.15, 0.2) is 36.5 Å². The Bertz CT molecular complexity index is 2010. The molecule has 306 valence electrons. The van der Waals surface area contributed by atoms with E-state index in [-0.39, 0.29) is 31.2 Å². The molecule has 0 radical (unpaired) electrons. The topological polar surface area (TPSA) is 195 Å². The quantitative estimate of drug-likeness (QED) is 0.327. The van der Waals surface area contributed by atoms with Gasteiger partial charge in [-0.25, -0.2) is 23.2 Å². The van der Waals surface area contributed by atoms with Crippen molar-refractivity contribution in [3.05, 3.63) is 36.5 Å². The van der Waals surface area contributed by atoms with Crippen LogP contribution in [0.1, 0.15) is 72.6 Å². The van der Waals surface area contributed by atoms with Gasteiger partial charge in [0.2, 0.25) is 33.3 Å². The van der Waals surface area contributed by atoms with Crippen molar-refractivity contribution in [2.45, 2.75) is 113 Å². The minimum Gasteiger partial charge on any atom is -0.497 e. The summed E-state index contributed by atoms with van der Waals surface area (Å²) in [7, 11) is -2.47. The van der Waals surface area contributed by atoms with Crippen LogP contribution in [0.2, 0.25) is 0 Å². The van der Waals surface area contributed by atoms with E-state index in [1.165, 1.54) is 13.3 Å². The maximum Gasteiger partial charge on any atom is 0.427 e. The predicted octanol–water partition coefficient (Wildman–Crippen LogP) is 3.92. The number of nitrogens with one attached hydrogen (secondary N) is 3. The van der Waals surface area contributed by atoms with E-state index in [1.54, 1.807) is 31.2 Å². The number of amides is 4. The fourth-order valence-electron chi connectivity index (χ4n) is 7.09. The third kappa shape index (κ3) is 8.81. The van der Waals surface area contributed by atoms with Crippen molar-refractivity contribution in [3.63, 3.8) is 0 Å². The molecule has 15 nitrogen and oxygen atoms in total. The van der Waals surface area contributed by atoms with E-state index in [4.69, 9.17) is 14.2 Å². The van der Waals surface area contributed by atoms with E-state index in [0.29, 0.717) is 62.7 Å². The Morgan fingerprint density at radius 1 is 1.05 bits per heavy atom. The van der Waals surface area contributed by atoms with Crippen LogP contribution in [0.25, 0.3) is 11.0 Å². The van der Waals surface area contributed by atoms with E-state index in [0.717, 1.165) is 4.90 Å². The zero-order valence-corrected chi connectivity index (χ0v) is 32.5. The van der Waals surface area contributed by atoms with Gasteiger partial charge in [0.15, 0.2) is 0 Å². The number of alkyl halides is 3. The van der Waals surface area contributed by atoms with Crippen LogP contribution in [0.4, 0.5) is 18.0 Å². The highest BCUT2D eigenvalue weighted by Crippen LogP contribution is 2.46. The number of allylic oxidation sites excluding steroid dienone is 1. The number of carbonyl (C=O) groups excluding carboxylic acids is 4. The molecule has 0 unspecified atom stereocenters.